The molecule has 1 aliphatic heterocycles. The van der Waals surface area contributed by atoms with E-state index in [4.69, 9.17) is 0 Å². The molecule has 0 N–H and O–H groups in total. The van der Waals surface area contributed by atoms with E-state index in [2.05, 4.69) is 93.6 Å². The molecule has 0 aliphatic carbocycles. The molecule has 0 bridgehead atoms. The van der Waals surface area contributed by atoms with Crippen molar-refractivity contribution in [2.75, 3.05) is 0 Å². The quantitative estimate of drug-likeness (QED) is 0.472. The van der Waals surface area contributed by atoms with Gasteiger partial charge in [0.1, 0.15) is 0 Å². The third-order valence-corrected chi connectivity index (χ3v) is 7.58. The molecule has 0 aromatic heterocycles. The summed E-state index contributed by atoms with van der Waals surface area (Å²) in [5.41, 5.74) is 4.47. The Morgan fingerprint density at radius 3 is 1.57 bits per heavy atom. The van der Waals surface area contributed by atoms with Crippen molar-refractivity contribution in [1.29, 1.82) is 0 Å². The van der Waals surface area contributed by atoms with E-state index in [-0.39, 0.29) is 5.41 Å². The molecule has 23 heavy (non-hydrogen) atoms. The molecule has 0 fully saturated rings. The monoisotopic (exact) mass is 313 g/mol. The van der Waals surface area contributed by atoms with E-state index < -0.39 is 8.80 Å². The average molecular weight is 313 g/mol. The molecule has 4 rings (SSSR count). The number of fused-ring (bicyclic) bond motifs is 3. The van der Waals surface area contributed by atoms with Gasteiger partial charge in [0.25, 0.3) is 0 Å². The molecule has 0 nitrogen and oxygen atoms in total. The van der Waals surface area contributed by atoms with Crippen LogP contribution in [0.15, 0.2) is 72.8 Å². The van der Waals surface area contributed by atoms with Crippen LogP contribution in [0.3, 0.4) is 0 Å². The van der Waals surface area contributed by atoms with Crippen LogP contribution >= 0.6 is 0 Å². The minimum Gasteiger partial charge on any atom is -0.0623 e. The fourth-order valence-electron chi connectivity index (χ4n) is 3.46. The summed E-state index contributed by atoms with van der Waals surface area (Å²) in [5, 5.41) is 4.55. The van der Waals surface area contributed by atoms with Crippen molar-refractivity contribution in [3.63, 3.8) is 0 Å². The number of hydrogen-bond donors (Lipinski definition) is 0. The maximum absolute atomic E-state index is 2.35. The summed E-state index contributed by atoms with van der Waals surface area (Å²) >= 11 is 0. The van der Waals surface area contributed by atoms with E-state index in [0.717, 1.165) is 0 Å². The molecule has 3 aromatic carbocycles. The van der Waals surface area contributed by atoms with Gasteiger partial charge < -0.3 is 0 Å². The van der Waals surface area contributed by atoms with E-state index in [9.17, 15) is 0 Å². The molecule has 1 heterocycles. The van der Waals surface area contributed by atoms with Gasteiger partial charge in [-0.25, -0.2) is 0 Å². The third-order valence-electron chi connectivity index (χ3n) is 4.72. The van der Waals surface area contributed by atoms with Crippen molar-refractivity contribution >= 4 is 24.4 Å². The lowest BCUT2D eigenvalue weighted by Gasteiger charge is -2.20. The molecule has 0 saturated carbocycles. The number of hydrogen-bond acceptors (Lipinski definition) is 0. The molecular weight excluding hydrogens is 292 g/mol. The molecular formula is C22H21Si. The summed E-state index contributed by atoms with van der Waals surface area (Å²) in [7, 11) is -0.865. The van der Waals surface area contributed by atoms with Crippen molar-refractivity contribution in [3.8, 4) is 11.1 Å². The van der Waals surface area contributed by atoms with E-state index in [0.29, 0.717) is 0 Å². The van der Waals surface area contributed by atoms with Gasteiger partial charge in [0.05, 0.1) is 0 Å². The Morgan fingerprint density at radius 2 is 1.09 bits per heavy atom. The molecule has 1 heteroatoms. The summed E-state index contributed by atoms with van der Waals surface area (Å²) in [6, 6.07) is 27.2. The van der Waals surface area contributed by atoms with Crippen LogP contribution in [-0.2, 0) is 5.41 Å². The largest absolute Gasteiger partial charge is 0.156 e. The minimum atomic E-state index is -0.865. The predicted octanol–water partition coefficient (Wildman–Crippen LogP) is 3.48. The van der Waals surface area contributed by atoms with Crippen LogP contribution in [0.4, 0.5) is 0 Å². The predicted molar refractivity (Wildman–Crippen MR) is 102 cm³/mol. The van der Waals surface area contributed by atoms with Gasteiger partial charge in [0, 0.05) is 0 Å². The van der Waals surface area contributed by atoms with E-state index in [1.807, 2.05) is 0 Å². The first-order valence-electron chi connectivity index (χ1n) is 8.23. The van der Waals surface area contributed by atoms with Gasteiger partial charge in [-0.15, -0.1) is 0 Å². The summed E-state index contributed by atoms with van der Waals surface area (Å²) < 4.78 is 0. The lowest BCUT2D eigenvalue weighted by molar-refractivity contribution is 0.590. The van der Waals surface area contributed by atoms with Crippen LogP contribution < -0.4 is 15.6 Å². The zero-order valence-electron chi connectivity index (χ0n) is 13.9. The molecule has 1 aliphatic rings. The number of benzene rings is 3. The fourth-order valence-corrected chi connectivity index (χ4v) is 6.38. The molecule has 1 radical (unpaired) electrons. The van der Waals surface area contributed by atoms with E-state index in [1.54, 1.807) is 0 Å². The maximum atomic E-state index is 2.35. The summed E-state index contributed by atoms with van der Waals surface area (Å²) in [6.07, 6.45) is 0. The van der Waals surface area contributed by atoms with Crippen LogP contribution in [0, 0.1) is 0 Å². The topological polar surface area (TPSA) is 0 Å². The SMILES string of the molecule is CC(C)(C)c1ccc([Si]2c3ccccc3-c3ccccc32)cc1. The van der Waals surface area contributed by atoms with Crippen molar-refractivity contribution in [2.24, 2.45) is 0 Å². The van der Waals surface area contributed by atoms with Gasteiger partial charge in [0.2, 0.25) is 0 Å². The van der Waals surface area contributed by atoms with Crippen LogP contribution in [0.25, 0.3) is 11.1 Å². The normalized spacial score (nSPS) is 13.7. The Labute approximate surface area is 140 Å². The summed E-state index contributed by atoms with van der Waals surface area (Å²) in [5.74, 6) is 0. The fraction of sp³-hybridized carbons (Fsp3) is 0.182. The second-order valence-corrected chi connectivity index (χ2v) is 9.70. The molecule has 0 unspecified atom stereocenters. The highest BCUT2D eigenvalue weighted by atomic mass is 28.3. The van der Waals surface area contributed by atoms with E-state index in [1.165, 1.54) is 32.3 Å². The molecule has 0 spiro atoms. The van der Waals surface area contributed by atoms with E-state index >= 15 is 0 Å². The zero-order valence-corrected chi connectivity index (χ0v) is 14.9. The Morgan fingerprint density at radius 1 is 0.609 bits per heavy atom. The second-order valence-electron chi connectivity index (χ2n) is 7.29. The lowest BCUT2D eigenvalue weighted by Crippen LogP contribution is -2.48. The number of rotatable bonds is 1. The van der Waals surface area contributed by atoms with Crippen LogP contribution in [-0.4, -0.2) is 8.80 Å². The first-order valence-corrected chi connectivity index (χ1v) is 9.73. The average Bonchev–Trinajstić information content (AvgIpc) is 2.89. The van der Waals surface area contributed by atoms with Gasteiger partial charge in [0.15, 0.2) is 8.80 Å². The Bertz CT molecular complexity index is 808. The van der Waals surface area contributed by atoms with Crippen molar-refractivity contribution in [3.05, 3.63) is 78.4 Å². The zero-order chi connectivity index (χ0) is 16.0. The first kappa shape index (κ1) is 14.5. The second kappa shape index (κ2) is 5.21. The van der Waals surface area contributed by atoms with Crippen LogP contribution in [0.1, 0.15) is 26.3 Å². The summed E-state index contributed by atoms with van der Waals surface area (Å²) in [4.78, 5) is 0. The Balaban J connectivity index is 1.86. The summed E-state index contributed by atoms with van der Waals surface area (Å²) in [6.45, 7) is 6.82. The van der Waals surface area contributed by atoms with Crippen molar-refractivity contribution in [1.82, 2.24) is 0 Å². The van der Waals surface area contributed by atoms with Gasteiger partial charge in [-0.05, 0) is 32.5 Å². The van der Waals surface area contributed by atoms with Crippen LogP contribution in [0.5, 0.6) is 0 Å². The molecule has 3 aromatic rings. The van der Waals surface area contributed by atoms with Crippen LogP contribution in [0.2, 0.25) is 0 Å². The standard InChI is InChI=1S/C22H21Si/c1-22(2,3)16-12-14-17(15-13-16)23-20-10-6-4-8-18(20)19-9-5-7-11-21(19)23/h4-15H,1-3H3. The first-order chi connectivity index (χ1) is 11.1. The highest BCUT2D eigenvalue weighted by molar-refractivity contribution is 6.99. The van der Waals surface area contributed by atoms with Gasteiger partial charge in [-0.2, -0.15) is 0 Å². The Kier molecular flexibility index (Phi) is 3.28. The third kappa shape index (κ3) is 2.36. The van der Waals surface area contributed by atoms with Gasteiger partial charge in [-0.3, -0.25) is 0 Å². The molecule has 0 saturated heterocycles. The molecule has 113 valence electrons. The Hall–Kier alpha value is -2.12. The minimum absolute atomic E-state index is 0.210. The maximum Gasteiger partial charge on any atom is 0.156 e. The van der Waals surface area contributed by atoms with Gasteiger partial charge in [-0.1, -0.05) is 98.8 Å². The lowest BCUT2D eigenvalue weighted by atomic mass is 9.87. The highest BCUT2D eigenvalue weighted by Crippen LogP contribution is 2.24. The highest BCUT2D eigenvalue weighted by Gasteiger charge is 2.31. The molecule has 0 atom stereocenters. The van der Waals surface area contributed by atoms with Crippen molar-refractivity contribution < 1.29 is 0 Å². The smallest absolute Gasteiger partial charge is 0.0623 e. The van der Waals surface area contributed by atoms with Gasteiger partial charge >= 0.3 is 0 Å². The molecule has 0 amide bonds. The van der Waals surface area contributed by atoms with Crippen molar-refractivity contribution in [2.45, 2.75) is 26.2 Å².